The average Bonchev–Trinajstić information content (AvgIpc) is 2.33. The normalized spacial score (nSPS) is 18.8. The minimum atomic E-state index is -0.558. The Morgan fingerprint density at radius 3 is 2.94 bits per heavy atom. The van der Waals surface area contributed by atoms with Crippen molar-refractivity contribution in [3.8, 4) is 0 Å². The van der Waals surface area contributed by atoms with E-state index in [4.69, 9.17) is 0 Å². The van der Waals surface area contributed by atoms with E-state index in [2.05, 4.69) is 10.1 Å². The number of nitrogens with one attached hydrogen (secondary N) is 1. The van der Waals surface area contributed by atoms with Gasteiger partial charge in [0.2, 0.25) is 0 Å². The van der Waals surface area contributed by atoms with E-state index in [1.54, 1.807) is 6.07 Å². The van der Waals surface area contributed by atoms with E-state index in [0.29, 0.717) is 12.0 Å². The van der Waals surface area contributed by atoms with Crippen molar-refractivity contribution in [1.29, 1.82) is 0 Å². The van der Waals surface area contributed by atoms with Gasteiger partial charge in [-0.2, -0.15) is 0 Å². The zero-order valence-corrected chi connectivity index (χ0v) is 9.03. The molecule has 0 radical (unpaired) electrons. The van der Waals surface area contributed by atoms with Gasteiger partial charge in [0.25, 0.3) is 0 Å². The molecule has 1 aliphatic rings. The first-order valence-electron chi connectivity index (χ1n) is 5.19. The molecular formula is C12H13NO3. The number of carbonyl (C=O) groups excluding carboxylic acids is 2. The van der Waals surface area contributed by atoms with Gasteiger partial charge in [0.1, 0.15) is 0 Å². The second-order valence-electron chi connectivity index (χ2n) is 3.75. The van der Waals surface area contributed by atoms with Crippen molar-refractivity contribution in [2.75, 3.05) is 7.11 Å². The summed E-state index contributed by atoms with van der Waals surface area (Å²) in [5.74, 6) is -0.0350. The third kappa shape index (κ3) is 1.91. The number of amides is 1. The van der Waals surface area contributed by atoms with Gasteiger partial charge in [-0.25, -0.2) is 4.79 Å². The van der Waals surface area contributed by atoms with Gasteiger partial charge in [0.15, 0.2) is 5.78 Å². The van der Waals surface area contributed by atoms with E-state index in [-0.39, 0.29) is 5.78 Å². The summed E-state index contributed by atoms with van der Waals surface area (Å²) in [4.78, 5) is 23.0. The molecule has 1 aromatic rings. The molecule has 1 aliphatic carbocycles. The molecule has 1 N–H and O–H groups in total. The summed E-state index contributed by atoms with van der Waals surface area (Å²) in [6, 6.07) is 7.03. The number of hydrogen-bond acceptors (Lipinski definition) is 3. The number of rotatable bonds is 1. The molecule has 1 atom stereocenters. The number of alkyl carbamates (subject to hydrolysis) is 1. The molecule has 0 saturated heterocycles. The van der Waals surface area contributed by atoms with E-state index >= 15 is 0 Å². The van der Waals surface area contributed by atoms with E-state index in [9.17, 15) is 9.59 Å². The van der Waals surface area contributed by atoms with Gasteiger partial charge in [-0.3, -0.25) is 4.79 Å². The maximum Gasteiger partial charge on any atom is 0.407 e. The largest absolute Gasteiger partial charge is 0.453 e. The zero-order chi connectivity index (χ0) is 11.5. The molecule has 1 amide bonds. The topological polar surface area (TPSA) is 55.4 Å². The van der Waals surface area contributed by atoms with Gasteiger partial charge >= 0.3 is 6.09 Å². The van der Waals surface area contributed by atoms with Crippen LogP contribution in [0.15, 0.2) is 24.3 Å². The average molecular weight is 219 g/mol. The standard InChI is InChI=1S/C12H13NO3/c1-16-12(15)13-10-7-6-8-4-2-3-5-9(8)11(10)14/h2-5,10H,6-7H2,1H3,(H,13,15)/t10-/m0/s1. The van der Waals surface area contributed by atoms with E-state index < -0.39 is 12.1 Å². The fraction of sp³-hybridized carbons (Fsp3) is 0.333. The fourth-order valence-electron chi connectivity index (χ4n) is 1.94. The van der Waals surface area contributed by atoms with Crippen LogP contribution >= 0.6 is 0 Å². The molecule has 16 heavy (non-hydrogen) atoms. The SMILES string of the molecule is COC(=O)N[C@H]1CCc2ccccc2C1=O. The number of ketones is 1. The molecule has 0 spiro atoms. The highest BCUT2D eigenvalue weighted by Gasteiger charge is 2.28. The van der Waals surface area contributed by atoms with Crippen LogP contribution in [0.4, 0.5) is 4.79 Å². The van der Waals surface area contributed by atoms with Crippen LogP contribution in [0.25, 0.3) is 0 Å². The van der Waals surface area contributed by atoms with Gasteiger partial charge in [0.05, 0.1) is 13.2 Å². The van der Waals surface area contributed by atoms with Crippen LogP contribution in [0.1, 0.15) is 22.3 Å². The van der Waals surface area contributed by atoms with Gasteiger partial charge in [-0.1, -0.05) is 24.3 Å². The lowest BCUT2D eigenvalue weighted by molar-refractivity contribution is 0.0916. The molecule has 0 heterocycles. The summed E-state index contributed by atoms with van der Waals surface area (Å²) in [5.41, 5.74) is 1.76. The second kappa shape index (κ2) is 4.35. The second-order valence-corrected chi connectivity index (χ2v) is 3.75. The van der Waals surface area contributed by atoms with Crippen LogP contribution in [0.3, 0.4) is 0 Å². The summed E-state index contributed by atoms with van der Waals surface area (Å²) >= 11 is 0. The number of methoxy groups -OCH3 is 1. The highest BCUT2D eigenvalue weighted by atomic mass is 16.5. The summed E-state index contributed by atoms with van der Waals surface area (Å²) in [6.45, 7) is 0. The number of benzene rings is 1. The highest BCUT2D eigenvalue weighted by molar-refractivity contribution is 6.03. The molecule has 0 aliphatic heterocycles. The Morgan fingerprint density at radius 1 is 1.44 bits per heavy atom. The Morgan fingerprint density at radius 2 is 2.19 bits per heavy atom. The van der Waals surface area contributed by atoms with Gasteiger partial charge in [-0.05, 0) is 18.4 Å². The molecule has 0 aromatic heterocycles. The molecular weight excluding hydrogens is 206 g/mol. The van der Waals surface area contributed by atoms with Gasteiger partial charge in [0, 0.05) is 5.56 Å². The monoisotopic (exact) mass is 219 g/mol. The van der Waals surface area contributed by atoms with Crippen molar-refractivity contribution in [3.05, 3.63) is 35.4 Å². The van der Waals surface area contributed by atoms with Crippen LogP contribution in [-0.2, 0) is 11.2 Å². The maximum absolute atomic E-state index is 12.0. The quantitative estimate of drug-likeness (QED) is 0.779. The first-order valence-corrected chi connectivity index (χ1v) is 5.19. The van der Waals surface area contributed by atoms with Crippen LogP contribution in [0.2, 0.25) is 0 Å². The molecule has 84 valence electrons. The van der Waals surface area contributed by atoms with Crippen molar-refractivity contribution in [3.63, 3.8) is 0 Å². The van der Waals surface area contributed by atoms with E-state index in [1.165, 1.54) is 7.11 Å². The smallest absolute Gasteiger partial charge is 0.407 e. The number of carbonyl (C=O) groups is 2. The highest BCUT2D eigenvalue weighted by Crippen LogP contribution is 2.21. The molecule has 1 aromatic carbocycles. The van der Waals surface area contributed by atoms with Crippen LogP contribution < -0.4 is 5.32 Å². The Hall–Kier alpha value is -1.84. The molecule has 0 fully saturated rings. The van der Waals surface area contributed by atoms with Crippen molar-refractivity contribution in [2.24, 2.45) is 0 Å². The minimum absolute atomic E-state index is 0.0350. The predicted octanol–water partition coefficient (Wildman–Crippen LogP) is 1.54. The van der Waals surface area contributed by atoms with Crippen LogP contribution in [0.5, 0.6) is 0 Å². The number of ether oxygens (including phenoxy) is 1. The molecule has 0 saturated carbocycles. The summed E-state index contributed by atoms with van der Waals surface area (Å²) in [6.07, 6.45) is 0.874. The predicted molar refractivity (Wildman–Crippen MR) is 58.4 cm³/mol. The summed E-state index contributed by atoms with van der Waals surface area (Å²) in [7, 11) is 1.29. The Labute approximate surface area is 93.6 Å². The maximum atomic E-state index is 12.0. The zero-order valence-electron chi connectivity index (χ0n) is 9.03. The Balaban J connectivity index is 2.18. The number of fused-ring (bicyclic) bond motifs is 1. The molecule has 4 nitrogen and oxygen atoms in total. The van der Waals surface area contributed by atoms with Crippen LogP contribution in [-0.4, -0.2) is 25.0 Å². The number of Topliss-reactive ketones (excluding diaryl/α,β-unsaturated/α-hetero) is 1. The van der Waals surface area contributed by atoms with Crippen molar-refractivity contribution < 1.29 is 14.3 Å². The van der Waals surface area contributed by atoms with Gasteiger partial charge in [-0.15, -0.1) is 0 Å². The number of aryl methyl sites for hydroxylation is 1. The first kappa shape index (κ1) is 10.7. The van der Waals surface area contributed by atoms with Crippen LogP contribution in [0, 0.1) is 0 Å². The fourth-order valence-corrected chi connectivity index (χ4v) is 1.94. The molecule has 4 heteroatoms. The lowest BCUT2D eigenvalue weighted by Gasteiger charge is -2.23. The molecule has 2 rings (SSSR count). The van der Waals surface area contributed by atoms with E-state index in [0.717, 1.165) is 12.0 Å². The lowest BCUT2D eigenvalue weighted by atomic mass is 9.87. The first-order chi connectivity index (χ1) is 7.72. The molecule has 0 bridgehead atoms. The Kier molecular flexibility index (Phi) is 2.90. The lowest BCUT2D eigenvalue weighted by Crippen LogP contribution is -2.43. The summed E-state index contributed by atoms with van der Waals surface area (Å²) in [5, 5.41) is 2.55. The van der Waals surface area contributed by atoms with Gasteiger partial charge < -0.3 is 10.1 Å². The van der Waals surface area contributed by atoms with E-state index in [1.807, 2.05) is 18.2 Å². The minimum Gasteiger partial charge on any atom is -0.453 e. The molecule has 0 unspecified atom stereocenters. The third-order valence-electron chi connectivity index (χ3n) is 2.78. The van der Waals surface area contributed by atoms with Crippen molar-refractivity contribution in [1.82, 2.24) is 5.32 Å². The number of hydrogen-bond donors (Lipinski definition) is 1. The Bertz CT molecular complexity index is 428. The van der Waals surface area contributed by atoms with Crippen molar-refractivity contribution in [2.45, 2.75) is 18.9 Å². The van der Waals surface area contributed by atoms with Crippen molar-refractivity contribution >= 4 is 11.9 Å². The third-order valence-corrected chi connectivity index (χ3v) is 2.78. The summed E-state index contributed by atoms with van der Waals surface area (Å²) < 4.78 is 4.49.